The summed E-state index contributed by atoms with van der Waals surface area (Å²) in [6, 6.07) is 4.45. The fourth-order valence-corrected chi connectivity index (χ4v) is 4.09. The predicted molar refractivity (Wildman–Crippen MR) is 107 cm³/mol. The highest BCUT2D eigenvalue weighted by atomic mass is 16.5. The molecule has 2 heterocycles. The van der Waals surface area contributed by atoms with Crippen LogP contribution in [0, 0.1) is 5.92 Å². The molecule has 3 unspecified atom stereocenters. The van der Waals surface area contributed by atoms with E-state index in [2.05, 4.69) is 30.9 Å². The Labute approximate surface area is 163 Å². The third-order valence-corrected chi connectivity index (χ3v) is 5.28. The lowest BCUT2D eigenvalue weighted by molar-refractivity contribution is -0.149. The first kappa shape index (κ1) is 20.4. The Hall–Kier alpha value is -1.30. The van der Waals surface area contributed by atoms with Crippen LogP contribution in [0.5, 0.6) is 11.5 Å². The van der Waals surface area contributed by atoms with Crippen molar-refractivity contribution in [2.45, 2.75) is 71.3 Å². The Morgan fingerprint density at radius 1 is 1.22 bits per heavy atom. The second kappa shape index (κ2) is 7.98. The van der Waals surface area contributed by atoms with Crippen molar-refractivity contribution in [1.82, 2.24) is 4.90 Å². The quantitative estimate of drug-likeness (QED) is 0.850. The van der Waals surface area contributed by atoms with E-state index in [0.29, 0.717) is 18.9 Å². The lowest BCUT2D eigenvalue weighted by atomic mass is 9.84. The third kappa shape index (κ3) is 4.76. The molecule has 0 aliphatic carbocycles. The maximum absolute atomic E-state index is 10.7. The summed E-state index contributed by atoms with van der Waals surface area (Å²) in [6.07, 6.45) is 1.06. The average molecular weight is 378 g/mol. The monoisotopic (exact) mass is 377 g/mol. The number of ether oxygens (including phenoxy) is 3. The van der Waals surface area contributed by atoms with E-state index in [0.717, 1.165) is 31.0 Å². The Balaban J connectivity index is 1.82. The first-order chi connectivity index (χ1) is 12.7. The van der Waals surface area contributed by atoms with Crippen molar-refractivity contribution in [2.75, 3.05) is 26.8 Å². The molecule has 1 fully saturated rings. The van der Waals surface area contributed by atoms with Gasteiger partial charge >= 0.3 is 0 Å². The van der Waals surface area contributed by atoms with E-state index in [1.807, 2.05) is 20.8 Å². The Kier molecular flexibility index (Phi) is 6.04. The molecular formula is C22H35NO4. The van der Waals surface area contributed by atoms with Crippen LogP contribution in [-0.2, 0) is 11.2 Å². The lowest BCUT2D eigenvalue weighted by Gasteiger charge is -2.46. The smallest absolute Gasteiger partial charge is 0.161 e. The van der Waals surface area contributed by atoms with Gasteiger partial charge in [0, 0.05) is 19.1 Å². The lowest BCUT2D eigenvalue weighted by Crippen LogP contribution is -2.53. The molecule has 0 amide bonds. The van der Waals surface area contributed by atoms with Crippen LogP contribution in [-0.4, -0.2) is 54.6 Å². The van der Waals surface area contributed by atoms with Crippen LogP contribution in [0.25, 0.3) is 0 Å². The van der Waals surface area contributed by atoms with E-state index in [-0.39, 0.29) is 17.7 Å². The summed E-state index contributed by atoms with van der Waals surface area (Å²) < 4.78 is 17.7. The van der Waals surface area contributed by atoms with Gasteiger partial charge in [0.1, 0.15) is 0 Å². The highest BCUT2D eigenvalue weighted by Crippen LogP contribution is 2.42. The Morgan fingerprint density at radius 3 is 2.59 bits per heavy atom. The van der Waals surface area contributed by atoms with Crippen LogP contribution in [0.15, 0.2) is 12.1 Å². The van der Waals surface area contributed by atoms with Crippen molar-refractivity contribution in [3.8, 4) is 11.5 Å². The summed E-state index contributed by atoms with van der Waals surface area (Å²) in [6.45, 7) is 12.8. The molecule has 1 N–H and O–H groups in total. The van der Waals surface area contributed by atoms with Crippen molar-refractivity contribution >= 4 is 0 Å². The number of methoxy groups -OCH3 is 1. The second-order valence-corrected chi connectivity index (χ2v) is 9.24. The van der Waals surface area contributed by atoms with Gasteiger partial charge in [-0.2, -0.15) is 0 Å². The van der Waals surface area contributed by atoms with E-state index >= 15 is 0 Å². The van der Waals surface area contributed by atoms with Gasteiger partial charge < -0.3 is 19.3 Å². The largest absolute Gasteiger partial charge is 0.493 e. The maximum Gasteiger partial charge on any atom is 0.161 e. The van der Waals surface area contributed by atoms with Gasteiger partial charge in [-0.3, -0.25) is 4.90 Å². The molecular weight excluding hydrogens is 342 g/mol. The number of rotatable bonds is 5. The van der Waals surface area contributed by atoms with Gasteiger partial charge in [-0.1, -0.05) is 13.8 Å². The van der Waals surface area contributed by atoms with Gasteiger partial charge in [0.15, 0.2) is 11.5 Å². The van der Waals surface area contributed by atoms with E-state index in [1.54, 1.807) is 7.11 Å². The van der Waals surface area contributed by atoms with Gasteiger partial charge in [0.25, 0.3) is 0 Å². The standard InChI is InChI=1S/C22H35NO4/c1-14(2)13-26-20-9-15-7-8-23-12-21(27-22(3,4)5)18(24)11-17(23)16(15)10-19(20)25-6/h9-10,14,17-18,21,24H,7-8,11-13H2,1-6H3. The number of nitrogens with zero attached hydrogens (tertiary/aromatic N) is 1. The number of benzene rings is 1. The number of fused-ring (bicyclic) bond motifs is 3. The molecule has 0 spiro atoms. The van der Waals surface area contributed by atoms with E-state index in [4.69, 9.17) is 14.2 Å². The van der Waals surface area contributed by atoms with Crippen molar-refractivity contribution in [1.29, 1.82) is 0 Å². The average Bonchev–Trinajstić information content (AvgIpc) is 2.58. The summed E-state index contributed by atoms with van der Waals surface area (Å²) in [5.41, 5.74) is 2.30. The molecule has 2 aliphatic rings. The molecule has 1 saturated heterocycles. The zero-order valence-corrected chi connectivity index (χ0v) is 17.6. The topological polar surface area (TPSA) is 51.2 Å². The molecule has 0 aromatic heterocycles. The molecule has 2 aliphatic heterocycles. The van der Waals surface area contributed by atoms with E-state index in [1.165, 1.54) is 11.1 Å². The Morgan fingerprint density at radius 2 is 1.96 bits per heavy atom. The van der Waals surface area contributed by atoms with E-state index < -0.39 is 6.10 Å². The van der Waals surface area contributed by atoms with Crippen molar-refractivity contribution < 1.29 is 19.3 Å². The fraction of sp³-hybridized carbons (Fsp3) is 0.727. The zero-order valence-electron chi connectivity index (χ0n) is 17.6. The van der Waals surface area contributed by atoms with Crippen LogP contribution in [0.2, 0.25) is 0 Å². The van der Waals surface area contributed by atoms with Gasteiger partial charge in [-0.15, -0.1) is 0 Å². The van der Waals surface area contributed by atoms with Gasteiger partial charge in [0.2, 0.25) is 0 Å². The molecule has 5 heteroatoms. The molecule has 152 valence electrons. The molecule has 0 saturated carbocycles. The summed E-state index contributed by atoms with van der Waals surface area (Å²) in [5.74, 6) is 2.07. The van der Waals surface area contributed by atoms with E-state index in [9.17, 15) is 5.11 Å². The minimum atomic E-state index is -0.459. The molecule has 27 heavy (non-hydrogen) atoms. The first-order valence-corrected chi connectivity index (χ1v) is 10.1. The molecule has 3 atom stereocenters. The highest BCUT2D eigenvalue weighted by Gasteiger charge is 2.40. The molecule has 1 aromatic carbocycles. The number of hydrogen-bond acceptors (Lipinski definition) is 5. The predicted octanol–water partition coefficient (Wildman–Crippen LogP) is 3.58. The SMILES string of the molecule is COc1cc2c(cc1OCC(C)C)CCN1CC(OC(C)(C)C)C(O)CC21. The van der Waals surface area contributed by atoms with Gasteiger partial charge in [0.05, 0.1) is 31.5 Å². The third-order valence-electron chi connectivity index (χ3n) is 5.28. The highest BCUT2D eigenvalue weighted by molar-refractivity contribution is 5.49. The fourth-order valence-electron chi connectivity index (χ4n) is 4.09. The van der Waals surface area contributed by atoms with Gasteiger partial charge in [-0.25, -0.2) is 0 Å². The zero-order chi connectivity index (χ0) is 19.8. The van der Waals surface area contributed by atoms with Crippen LogP contribution in [0.1, 0.15) is 58.2 Å². The van der Waals surface area contributed by atoms with Crippen LogP contribution >= 0.6 is 0 Å². The second-order valence-electron chi connectivity index (χ2n) is 9.24. The number of aliphatic hydroxyl groups excluding tert-OH is 1. The van der Waals surface area contributed by atoms with Crippen molar-refractivity contribution in [2.24, 2.45) is 5.92 Å². The summed E-state index contributed by atoms with van der Waals surface area (Å²) in [7, 11) is 1.69. The van der Waals surface area contributed by atoms with Gasteiger partial charge in [-0.05, 0) is 62.8 Å². The van der Waals surface area contributed by atoms with Crippen LogP contribution in [0.3, 0.4) is 0 Å². The van der Waals surface area contributed by atoms with Crippen molar-refractivity contribution in [3.05, 3.63) is 23.3 Å². The minimum Gasteiger partial charge on any atom is -0.493 e. The summed E-state index contributed by atoms with van der Waals surface area (Å²) in [4.78, 5) is 2.44. The molecule has 5 nitrogen and oxygen atoms in total. The number of hydrogen-bond donors (Lipinski definition) is 1. The molecule has 1 aromatic rings. The number of piperidine rings is 1. The Bertz CT molecular complexity index is 652. The summed E-state index contributed by atoms with van der Waals surface area (Å²) >= 11 is 0. The van der Waals surface area contributed by atoms with Crippen LogP contribution in [0.4, 0.5) is 0 Å². The molecule has 0 bridgehead atoms. The van der Waals surface area contributed by atoms with Crippen molar-refractivity contribution in [3.63, 3.8) is 0 Å². The molecule has 0 radical (unpaired) electrons. The first-order valence-electron chi connectivity index (χ1n) is 10.1. The minimum absolute atomic E-state index is 0.140. The number of aliphatic hydroxyl groups is 1. The molecule has 3 rings (SSSR count). The van der Waals surface area contributed by atoms with Crippen LogP contribution < -0.4 is 9.47 Å². The maximum atomic E-state index is 10.7. The summed E-state index contributed by atoms with van der Waals surface area (Å²) in [5, 5.41) is 10.7. The normalized spacial score (nSPS) is 25.9.